The third-order valence-corrected chi connectivity index (χ3v) is 5.32. The molecule has 1 aromatic heterocycles. The van der Waals surface area contributed by atoms with E-state index in [4.69, 9.17) is 9.73 Å². The molecule has 0 radical (unpaired) electrons. The maximum absolute atomic E-state index is 5.28. The lowest BCUT2D eigenvalue weighted by atomic mass is 10.1. The van der Waals surface area contributed by atoms with Crippen LogP contribution in [-0.2, 0) is 0 Å². The van der Waals surface area contributed by atoms with Gasteiger partial charge in [0.1, 0.15) is 5.75 Å². The topological polar surface area (TPSA) is 26.5 Å². The lowest BCUT2D eigenvalue weighted by Crippen LogP contribution is -3.00. The summed E-state index contributed by atoms with van der Waals surface area (Å²) in [4.78, 5) is 6.87. The van der Waals surface area contributed by atoms with Crippen LogP contribution >= 0.6 is 27.3 Å². The van der Waals surface area contributed by atoms with Gasteiger partial charge in [0.25, 0.3) is 0 Å². The summed E-state index contributed by atoms with van der Waals surface area (Å²) in [6.07, 6.45) is 1.81. The first kappa shape index (κ1) is 20.7. The molecule has 3 rings (SSSR count). The second kappa shape index (κ2) is 9.35. The van der Waals surface area contributed by atoms with E-state index >= 15 is 0 Å². The predicted octanol–water partition coefficient (Wildman–Crippen LogP) is 2.38. The van der Waals surface area contributed by atoms with Crippen molar-refractivity contribution >= 4 is 27.3 Å². The molecule has 0 aliphatic rings. The molecule has 0 bridgehead atoms. The zero-order chi connectivity index (χ0) is 17.8. The van der Waals surface area contributed by atoms with Gasteiger partial charge in [-0.1, -0.05) is 22.0 Å². The SMILES string of the molecule is C=CCN=c1sc(C)c(-c2ccc(OC)cc2)n1-c1ccc(Br)cc1.[Br-]. The van der Waals surface area contributed by atoms with Crippen molar-refractivity contribution in [2.24, 2.45) is 4.99 Å². The second-order valence-electron chi connectivity index (χ2n) is 5.46. The zero-order valence-electron chi connectivity index (χ0n) is 14.6. The summed E-state index contributed by atoms with van der Waals surface area (Å²) >= 11 is 5.20. The fraction of sp³-hybridized carbons (Fsp3) is 0.150. The Labute approximate surface area is 176 Å². The Balaban J connectivity index is 0.00000243. The van der Waals surface area contributed by atoms with Gasteiger partial charge >= 0.3 is 0 Å². The number of nitrogens with zero attached hydrogens (tertiary/aromatic N) is 2. The van der Waals surface area contributed by atoms with E-state index < -0.39 is 0 Å². The standard InChI is InChI=1S/C20H19BrN2OS.BrH/c1-4-13-22-20-23(17-9-7-16(21)8-10-17)19(14(2)25-20)15-5-11-18(24-3)12-6-15;/h4-12H,1,13H2,2-3H3;1H/p-1. The Morgan fingerprint density at radius 3 is 2.38 bits per heavy atom. The Bertz CT molecular complexity index is 941. The van der Waals surface area contributed by atoms with Gasteiger partial charge in [-0.2, -0.15) is 0 Å². The molecule has 0 atom stereocenters. The molecule has 6 heteroatoms. The van der Waals surface area contributed by atoms with Crippen molar-refractivity contribution < 1.29 is 21.7 Å². The molecule has 2 aromatic carbocycles. The molecule has 0 fully saturated rings. The minimum Gasteiger partial charge on any atom is -1.00 e. The summed E-state index contributed by atoms with van der Waals surface area (Å²) in [5, 5.41) is 0. The molecule has 0 aliphatic carbocycles. The van der Waals surface area contributed by atoms with Crippen LogP contribution in [0.3, 0.4) is 0 Å². The van der Waals surface area contributed by atoms with E-state index in [-0.39, 0.29) is 17.0 Å². The van der Waals surface area contributed by atoms with E-state index in [9.17, 15) is 0 Å². The summed E-state index contributed by atoms with van der Waals surface area (Å²) in [5.41, 5.74) is 3.37. The van der Waals surface area contributed by atoms with Crippen molar-refractivity contribution in [3.8, 4) is 22.7 Å². The van der Waals surface area contributed by atoms with E-state index in [0.717, 1.165) is 32.0 Å². The molecule has 136 valence electrons. The fourth-order valence-corrected chi connectivity index (χ4v) is 3.91. The highest BCUT2D eigenvalue weighted by Gasteiger charge is 2.14. The van der Waals surface area contributed by atoms with Gasteiger partial charge < -0.3 is 21.7 Å². The van der Waals surface area contributed by atoms with Gasteiger partial charge in [0, 0.05) is 15.0 Å². The van der Waals surface area contributed by atoms with Crippen molar-refractivity contribution in [2.75, 3.05) is 13.7 Å². The number of ether oxygens (including phenoxy) is 1. The molecule has 0 spiro atoms. The molecule has 0 N–H and O–H groups in total. The van der Waals surface area contributed by atoms with Crippen molar-refractivity contribution in [2.45, 2.75) is 6.92 Å². The van der Waals surface area contributed by atoms with Crippen molar-refractivity contribution in [1.82, 2.24) is 4.57 Å². The van der Waals surface area contributed by atoms with E-state index in [1.807, 2.05) is 30.3 Å². The predicted molar refractivity (Wildman–Crippen MR) is 109 cm³/mol. The van der Waals surface area contributed by atoms with Gasteiger partial charge in [0.05, 0.1) is 19.3 Å². The molecular weight excluding hydrogens is 476 g/mol. The number of aromatic nitrogens is 1. The average molecular weight is 495 g/mol. The van der Waals surface area contributed by atoms with Crippen molar-refractivity contribution in [3.05, 3.63) is 75.3 Å². The normalized spacial score (nSPS) is 11.1. The van der Waals surface area contributed by atoms with Crippen molar-refractivity contribution in [1.29, 1.82) is 0 Å². The number of aryl methyl sites for hydroxylation is 1. The summed E-state index contributed by atoms with van der Waals surface area (Å²) in [7, 11) is 1.68. The number of hydrogen-bond donors (Lipinski definition) is 0. The smallest absolute Gasteiger partial charge is 0.190 e. The molecule has 0 aliphatic heterocycles. The summed E-state index contributed by atoms with van der Waals surface area (Å²) in [6, 6.07) is 16.4. The number of benzene rings is 2. The average Bonchev–Trinajstić information content (AvgIpc) is 2.97. The molecule has 3 nitrogen and oxygen atoms in total. The van der Waals surface area contributed by atoms with Crippen LogP contribution in [0.25, 0.3) is 16.9 Å². The molecule has 3 aromatic rings. The van der Waals surface area contributed by atoms with Gasteiger partial charge in [-0.05, 0) is 61.0 Å². The van der Waals surface area contributed by atoms with Crippen LogP contribution < -0.4 is 26.5 Å². The van der Waals surface area contributed by atoms with E-state index in [2.05, 4.69) is 58.3 Å². The van der Waals surface area contributed by atoms with Crippen LogP contribution in [0.5, 0.6) is 5.75 Å². The molecule has 0 saturated heterocycles. The fourth-order valence-electron chi connectivity index (χ4n) is 2.64. The van der Waals surface area contributed by atoms with Crippen LogP contribution in [-0.4, -0.2) is 18.2 Å². The molecule has 26 heavy (non-hydrogen) atoms. The minimum absolute atomic E-state index is 0. The van der Waals surface area contributed by atoms with Gasteiger partial charge in [0.15, 0.2) is 4.80 Å². The molecule has 0 unspecified atom stereocenters. The van der Waals surface area contributed by atoms with E-state index in [0.29, 0.717) is 6.54 Å². The van der Waals surface area contributed by atoms with Crippen LogP contribution in [0.15, 0.2) is 70.7 Å². The maximum atomic E-state index is 5.28. The van der Waals surface area contributed by atoms with E-state index in [1.165, 1.54) is 4.88 Å². The summed E-state index contributed by atoms with van der Waals surface area (Å²) < 4.78 is 8.54. The number of methoxy groups -OCH3 is 1. The Morgan fingerprint density at radius 1 is 1.15 bits per heavy atom. The highest BCUT2D eigenvalue weighted by atomic mass is 79.9. The second-order valence-corrected chi connectivity index (χ2v) is 7.56. The summed E-state index contributed by atoms with van der Waals surface area (Å²) in [5.74, 6) is 0.850. The maximum Gasteiger partial charge on any atom is 0.190 e. The quantitative estimate of drug-likeness (QED) is 0.500. The first-order valence-electron chi connectivity index (χ1n) is 7.88. The molecule has 1 heterocycles. The Kier molecular flexibility index (Phi) is 7.43. The summed E-state index contributed by atoms with van der Waals surface area (Å²) in [6.45, 7) is 6.51. The Hall–Kier alpha value is -1.63. The van der Waals surface area contributed by atoms with Crippen LogP contribution in [0, 0.1) is 6.92 Å². The number of rotatable bonds is 5. The first-order valence-corrected chi connectivity index (χ1v) is 9.49. The lowest BCUT2D eigenvalue weighted by molar-refractivity contribution is -0.00000520. The monoisotopic (exact) mass is 493 g/mol. The highest BCUT2D eigenvalue weighted by molar-refractivity contribution is 9.10. The Morgan fingerprint density at radius 2 is 1.81 bits per heavy atom. The minimum atomic E-state index is 0. The largest absolute Gasteiger partial charge is 1.00 e. The van der Waals surface area contributed by atoms with Gasteiger partial charge in [-0.3, -0.25) is 9.56 Å². The zero-order valence-corrected chi connectivity index (χ0v) is 18.6. The van der Waals surface area contributed by atoms with Crippen LogP contribution in [0.2, 0.25) is 0 Å². The highest BCUT2D eigenvalue weighted by Crippen LogP contribution is 2.29. The van der Waals surface area contributed by atoms with Crippen LogP contribution in [0.1, 0.15) is 4.88 Å². The number of hydrogen-bond acceptors (Lipinski definition) is 3. The van der Waals surface area contributed by atoms with Gasteiger partial charge in [-0.25, -0.2) is 0 Å². The number of thiazole rings is 1. The van der Waals surface area contributed by atoms with Crippen LogP contribution in [0.4, 0.5) is 0 Å². The van der Waals surface area contributed by atoms with Gasteiger partial charge in [-0.15, -0.1) is 17.9 Å². The van der Waals surface area contributed by atoms with Gasteiger partial charge in [0.2, 0.25) is 0 Å². The number of halogens is 2. The molecular formula is C20H19Br2N2OS-. The third kappa shape index (κ3) is 4.37. The van der Waals surface area contributed by atoms with Crippen molar-refractivity contribution in [3.63, 3.8) is 0 Å². The van der Waals surface area contributed by atoms with E-state index in [1.54, 1.807) is 18.4 Å². The first-order chi connectivity index (χ1) is 12.1. The lowest BCUT2D eigenvalue weighted by Gasteiger charge is -2.11. The molecule has 0 saturated carbocycles. The third-order valence-electron chi connectivity index (χ3n) is 3.80. The molecule has 0 amide bonds.